The van der Waals surface area contributed by atoms with Crippen molar-refractivity contribution in [1.29, 1.82) is 0 Å². The van der Waals surface area contributed by atoms with E-state index in [1.54, 1.807) is 12.1 Å². The number of halogens is 1. The highest BCUT2D eigenvalue weighted by Crippen LogP contribution is 2.26. The average molecular weight is 284 g/mol. The Bertz CT molecular complexity index is 467. The quantitative estimate of drug-likeness (QED) is 0.680. The molecule has 2 N–H and O–H groups in total. The van der Waals surface area contributed by atoms with Crippen LogP contribution in [0.15, 0.2) is 18.2 Å². The number of nitro groups is 1. The first kappa shape index (κ1) is 14.2. The van der Waals surface area contributed by atoms with Gasteiger partial charge in [-0.2, -0.15) is 0 Å². The Balaban J connectivity index is 2.06. The number of hydrogen-bond acceptors (Lipinski definition) is 4. The predicted molar refractivity (Wildman–Crippen MR) is 75.2 cm³/mol. The summed E-state index contributed by atoms with van der Waals surface area (Å²) >= 11 is 5.81. The smallest absolute Gasteiger partial charge is 0.288 e. The molecule has 0 radical (unpaired) electrons. The molecule has 5 nitrogen and oxygen atoms in total. The number of nitrogens with two attached hydrogens (primary N) is 1. The molecule has 6 heteroatoms. The van der Waals surface area contributed by atoms with Crippen LogP contribution in [0.2, 0.25) is 5.02 Å². The van der Waals surface area contributed by atoms with Crippen molar-refractivity contribution in [3.8, 4) is 0 Å². The Morgan fingerprint density at radius 3 is 3.00 bits per heavy atom. The summed E-state index contributed by atoms with van der Waals surface area (Å²) in [5.41, 5.74) is 6.61. The van der Waals surface area contributed by atoms with Gasteiger partial charge in [-0.15, -0.1) is 0 Å². The van der Waals surface area contributed by atoms with E-state index in [0.29, 0.717) is 19.0 Å². The summed E-state index contributed by atoms with van der Waals surface area (Å²) < 4.78 is 0. The number of rotatable bonds is 4. The van der Waals surface area contributed by atoms with Gasteiger partial charge in [0.1, 0.15) is 5.02 Å². The fourth-order valence-corrected chi connectivity index (χ4v) is 2.73. The summed E-state index contributed by atoms with van der Waals surface area (Å²) in [4.78, 5) is 12.7. The third-order valence-electron chi connectivity index (χ3n) is 3.55. The van der Waals surface area contributed by atoms with Crippen molar-refractivity contribution in [3.05, 3.63) is 38.9 Å². The number of nitro benzene ring substituents is 1. The minimum Gasteiger partial charge on any atom is -0.330 e. The van der Waals surface area contributed by atoms with Gasteiger partial charge in [0.2, 0.25) is 0 Å². The first-order chi connectivity index (χ1) is 9.10. The lowest BCUT2D eigenvalue weighted by Gasteiger charge is -2.32. The zero-order chi connectivity index (χ0) is 13.8. The van der Waals surface area contributed by atoms with Crippen LogP contribution < -0.4 is 5.73 Å². The summed E-state index contributed by atoms with van der Waals surface area (Å²) in [5, 5.41) is 11.0. The molecule has 1 heterocycles. The molecule has 1 aliphatic heterocycles. The molecule has 0 aromatic heterocycles. The standard InChI is InChI=1S/C13H18ClN3O2/c14-12-4-3-10(6-13(12)17(18)19)8-16-5-1-2-11(7-15)9-16/h3-4,6,11H,1-2,5,7-9,15H2. The second-order valence-electron chi connectivity index (χ2n) is 5.02. The maximum absolute atomic E-state index is 10.9. The van der Waals surface area contributed by atoms with Gasteiger partial charge in [-0.05, 0) is 43.5 Å². The predicted octanol–water partition coefficient (Wildman–Crippen LogP) is 2.42. The molecule has 1 aromatic carbocycles. The summed E-state index contributed by atoms with van der Waals surface area (Å²) in [6.07, 6.45) is 2.31. The van der Waals surface area contributed by atoms with Gasteiger partial charge in [-0.3, -0.25) is 15.0 Å². The van der Waals surface area contributed by atoms with E-state index in [1.807, 2.05) is 6.07 Å². The lowest BCUT2D eigenvalue weighted by Crippen LogP contribution is -2.37. The van der Waals surface area contributed by atoms with E-state index in [9.17, 15) is 10.1 Å². The fourth-order valence-electron chi connectivity index (χ4n) is 2.54. The van der Waals surface area contributed by atoms with Crippen molar-refractivity contribution in [2.45, 2.75) is 19.4 Å². The van der Waals surface area contributed by atoms with Crippen LogP contribution in [0.4, 0.5) is 5.69 Å². The molecule has 0 saturated carbocycles. The van der Waals surface area contributed by atoms with E-state index in [1.165, 1.54) is 6.42 Å². The monoisotopic (exact) mass is 283 g/mol. The van der Waals surface area contributed by atoms with Gasteiger partial charge < -0.3 is 5.73 Å². The van der Waals surface area contributed by atoms with Crippen molar-refractivity contribution in [1.82, 2.24) is 4.90 Å². The Kier molecular flexibility index (Phi) is 4.74. The van der Waals surface area contributed by atoms with Gasteiger partial charge in [0, 0.05) is 19.2 Å². The molecule has 104 valence electrons. The minimum absolute atomic E-state index is 0.0217. The first-order valence-corrected chi connectivity index (χ1v) is 6.83. The molecule has 1 atom stereocenters. The molecule has 1 aliphatic rings. The maximum atomic E-state index is 10.9. The first-order valence-electron chi connectivity index (χ1n) is 6.45. The molecule has 0 amide bonds. The minimum atomic E-state index is -0.440. The summed E-state index contributed by atoms with van der Waals surface area (Å²) in [5.74, 6) is 0.538. The van der Waals surface area contributed by atoms with Crippen LogP contribution in [0.5, 0.6) is 0 Å². The number of likely N-dealkylation sites (tertiary alicyclic amines) is 1. The molecular formula is C13H18ClN3O2. The summed E-state index contributed by atoms with van der Waals surface area (Å²) in [7, 11) is 0. The maximum Gasteiger partial charge on any atom is 0.288 e. The lowest BCUT2D eigenvalue weighted by molar-refractivity contribution is -0.384. The van der Waals surface area contributed by atoms with E-state index in [2.05, 4.69) is 4.90 Å². The van der Waals surface area contributed by atoms with Crippen molar-refractivity contribution in [2.24, 2.45) is 11.7 Å². The molecule has 1 unspecified atom stereocenters. The average Bonchev–Trinajstić information content (AvgIpc) is 2.41. The summed E-state index contributed by atoms with van der Waals surface area (Å²) in [6.45, 7) is 3.41. The Morgan fingerprint density at radius 1 is 1.53 bits per heavy atom. The molecule has 19 heavy (non-hydrogen) atoms. The van der Waals surface area contributed by atoms with E-state index >= 15 is 0 Å². The van der Waals surface area contributed by atoms with Crippen LogP contribution in [-0.4, -0.2) is 29.5 Å². The highest BCUT2D eigenvalue weighted by molar-refractivity contribution is 6.32. The van der Waals surface area contributed by atoms with Crippen LogP contribution >= 0.6 is 11.6 Å². The molecule has 0 bridgehead atoms. The highest BCUT2D eigenvalue weighted by atomic mass is 35.5. The van der Waals surface area contributed by atoms with Gasteiger partial charge in [0.25, 0.3) is 5.69 Å². The molecular weight excluding hydrogens is 266 g/mol. The second kappa shape index (κ2) is 6.32. The van der Waals surface area contributed by atoms with Gasteiger partial charge in [-0.1, -0.05) is 17.7 Å². The molecule has 1 fully saturated rings. The van der Waals surface area contributed by atoms with Crippen molar-refractivity contribution in [2.75, 3.05) is 19.6 Å². The Morgan fingerprint density at radius 2 is 2.32 bits per heavy atom. The Labute approximate surface area is 117 Å². The largest absolute Gasteiger partial charge is 0.330 e. The zero-order valence-corrected chi connectivity index (χ0v) is 11.5. The van der Waals surface area contributed by atoms with E-state index < -0.39 is 4.92 Å². The van der Waals surface area contributed by atoms with Gasteiger partial charge in [0.15, 0.2) is 0 Å². The lowest BCUT2D eigenvalue weighted by atomic mass is 9.98. The van der Waals surface area contributed by atoms with Gasteiger partial charge in [0.05, 0.1) is 4.92 Å². The van der Waals surface area contributed by atoms with Crippen LogP contribution in [0, 0.1) is 16.0 Å². The highest BCUT2D eigenvalue weighted by Gasteiger charge is 2.20. The third-order valence-corrected chi connectivity index (χ3v) is 3.87. The normalized spacial score (nSPS) is 20.4. The van der Waals surface area contributed by atoms with Crippen LogP contribution in [0.1, 0.15) is 18.4 Å². The molecule has 0 aliphatic carbocycles. The number of hydrogen-bond donors (Lipinski definition) is 1. The number of piperidine rings is 1. The second-order valence-corrected chi connectivity index (χ2v) is 5.43. The topological polar surface area (TPSA) is 72.4 Å². The van der Waals surface area contributed by atoms with Crippen LogP contribution in [0.3, 0.4) is 0 Å². The fraction of sp³-hybridized carbons (Fsp3) is 0.538. The molecule has 0 spiro atoms. The van der Waals surface area contributed by atoms with Crippen molar-refractivity contribution in [3.63, 3.8) is 0 Å². The molecule has 2 rings (SSSR count). The van der Waals surface area contributed by atoms with E-state index in [4.69, 9.17) is 17.3 Å². The number of benzene rings is 1. The number of nitrogens with zero attached hydrogens (tertiary/aromatic N) is 2. The van der Waals surface area contributed by atoms with Crippen molar-refractivity contribution < 1.29 is 4.92 Å². The van der Waals surface area contributed by atoms with Crippen LogP contribution in [0.25, 0.3) is 0 Å². The summed E-state index contributed by atoms with van der Waals surface area (Å²) in [6, 6.07) is 5.01. The SMILES string of the molecule is NCC1CCCN(Cc2ccc(Cl)c([N+](=O)[O-])c2)C1. The van der Waals surface area contributed by atoms with Crippen molar-refractivity contribution >= 4 is 17.3 Å². The van der Waals surface area contributed by atoms with Gasteiger partial charge >= 0.3 is 0 Å². The third kappa shape index (κ3) is 3.65. The van der Waals surface area contributed by atoms with E-state index in [-0.39, 0.29) is 10.7 Å². The van der Waals surface area contributed by atoms with Crippen LogP contribution in [-0.2, 0) is 6.54 Å². The molecule has 1 aromatic rings. The Hall–Kier alpha value is -1.17. The van der Waals surface area contributed by atoms with E-state index in [0.717, 1.165) is 25.1 Å². The zero-order valence-electron chi connectivity index (χ0n) is 10.7. The molecule has 1 saturated heterocycles. The van der Waals surface area contributed by atoms with Gasteiger partial charge in [-0.25, -0.2) is 0 Å².